The van der Waals surface area contributed by atoms with E-state index in [1.165, 1.54) is 16.9 Å². The third kappa shape index (κ3) is 4.78. The van der Waals surface area contributed by atoms with Crippen LogP contribution in [0.1, 0.15) is 23.6 Å². The summed E-state index contributed by atoms with van der Waals surface area (Å²) in [6, 6.07) is 12.9. The van der Waals surface area contributed by atoms with Crippen molar-refractivity contribution in [1.82, 2.24) is 4.90 Å². The molecule has 2 aromatic carbocycles. The Bertz CT molecular complexity index is 1060. The van der Waals surface area contributed by atoms with Crippen molar-refractivity contribution in [3.05, 3.63) is 65.2 Å². The van der Waals surface area contributed by atoms with Gasteiger partial charge in [0.05, 0.1) is 40.0 Å². The van der Waals surface area contributed by atoms with E-state index in [1.54, 1.807) is 43.5 Å². The van der Waals surface area contributed by atoms with Gasteiger partial charge in [-0.05, 0) is 23.8 Å². The summed E-state index contributed by atoms with van der Waals surface area (Å²) < 4.78 is 16.1. The Morgan fingerprint density at radius 1 is 1.06 bits per heavy atom. The number of amides is 1. The zero-order chi connectivity index (χ0) is 24.1. The number of quaternary nitrogens is 1. The molecule has 180 valence electrons. The van der Waals surface area contributed by atoms with Crippen LogP contribution in [0.15, 0.2) is 54.1 Å². The summed E-state index contributed by atoms with van der Waals surface area (Å²) in [6.45, 7) is 4.55. The minimum Gasteiger partial charge on any atom is -0.872 e. The van der Waals surface area contributed by atoms with E-state index in [-0.39, 0.29) is 5.57 Å². The Morgan fingerprint density at radius 2 is 1.76 bits per heavy atom. The van der Waals surface area contributed by atoms with Crippen LogP contribution in [0.4, 0.5) is 0 Å². The van der Waals surface area contributed by atoms with Crippen molar-refractivity contribution in [1.29, 1.82) is 0 Å². The molecule has 0 aromatic heterocycles. The lowest BCUT2D eigenvalue weighted by molar-refractivity contribution is -0.908. The third-order valence-corrected chi connectivity index (χ3v) is 6.44. The second kappa shape index (κ2) is 10.7. The molecule has 0 saturated carbocycles. The average molecular weight is 467 g/mol. The van der Waals surface area contributed by atoms with Crippen LogP contribution in [0.2, 0.25) is 0 Å². The van der Waals surface area contributed by atoms with Gasteiger partial charge in [-0.2, -0.15) is 0 Å². The van der Waals surface area contributed by atoms with Gasteiger partial charge in [-0.3, -0.25) is 9.59 Å². The van der Waals surface area contributed by atoms with Crippen LogP contribution in [0.3, 0.4) is 0 Å². The molecule has 4 rings (SSSR count). The summed E-state index contributed by atoms with van der Waals surface area (Å²) in [5.41, 5.74) is 0.912. The van der Waals surface area contributed by atoms with Crippen LogP contribution < -0.4 is 19.5 Å². The lowest BCUT2D eigenvalue weighted by atomic mass is 9.94. The fourth-order valence-corrected chi connectivity index (χ4v) is 4.62. The quantitative estimate of drug-likeness (QED) is 0.340. The topological polar surface area (TPSA) is 92.6 Å². The first-order valence-corrected chi connectivity index (χ1v) is 11.5. The maximum absolute atomic E-state index is 13.5. The maximum atomic E-state index is 13.5. The van der Waals surface area contributed by atoms with Crippen LogP contribution in [-0.4, -0.2) is 70.2 Å². The molecule has 34 heavy (non-hydrogen) atoms. The molecule has 8 nitrogen and oxygen atoms in total. The largest absolute Gasteiger partial charge is 0.872 e. The maximum Gasteiger partial charge on any atom is 0.295 e. The zero-order valence-corrected chi connectivity index (χ0v) is 19.5. The number of rotatable bonds is 8. The Morgan fingerprint density at radius 3 is 2.44 bits per heavy atom. The van der Waals surface area contributed by atoms with E-state index < -0.39 is 23.5 Å². The van der Waals surface area contributed by atoms with Crippen LogP contribution in [0, 0.1) is 0 Å². The molecule has 8 heteroatoms. The number of carbonyl (C=O) groups is 2. The van der Waals surface area contributed by atoms with E-state index in [0.717, 1.165) is 32.8 Å². The molecule has 2 heterocycles. The summed E-state index contributed by atoms with van der Waals surface area (Å²) in [5, 5.41) is 13.5. The number of methoxy groups -OCH3 is 2. The van der Waals surface area contributed by atoms with E-state index >= 15 is 0 Å². The predicted octanol–water partition coefficient (Wildman–Crippen LogP) is 0.233. The number of para-hydroxylation sites is 1. The molecule has 0 aliphatic carbocycles. The van der Waals surface area contributed by atoms with Gasteiger partial charge in [0.25, 0.3) is 5.91 Å². The molecule has 0 bridgehead atoms. The number of ether oxygens (including phenoxy) is 3. The number of carbonyl (C=O) groups excluding carboxylic acids is 2. The van der Waals surface area contributed by atoms with Gasteiger partial charge in [0, 0.05) is 24.1 Å². The minimum absolute atomic E-state index is 0.0432. The molecule has 1 unspecified atom stereocenters. The van der Waals surface area contributed by atoms with Gasteiger partial charge in [0.2, 0.25) is 5.78 Å². The van der Waals surface area contributed by atoms with Crippen LogP contribution in [-0.2, 0) is 14.3 Å². The van der Waals surface area contributed by atoms with Gasteiger partial charge >= 0.3 is 0 Å². The Balaban J connectivity index is 1.70. The van der Waals surface area contributed by atoms with Gasteiger partial charge in [-0.15, -0.1) is 0 Å². The Labute approximate surface area is 199 Å². The summed E-state index contributed by atoms with van der Waals surface area (Å²) in [5.74, 6) is -0.735. The highest BCUT2D eigenvalue weighted by molar-refractivity contribution is 6.46. The van der Waals surface area contributed by atoms with E-state index in [0.29, 0.717) is 35.6 Å². The highest BCUT2D eigenvalue weighted by Gasteiger charge is 2.45. The van der Waals surface area contributed by atoms with E-state index in [9.17, 15) is 14.7 Å². The van der Waals surface area contributed by atoms with Gasteiger partial charge in [0.15, 0.2) is 0 Å². The number of Topliss-reactive ketones (excluding diaryl/α,β-unsaturated/α-hetero) is 1. The number of hydrogen-bond acceptors (Lipinski definition) is 6. The van der Waals surface area contributed by atoms with Crippen molar-refractivity contribution in [2.24, 2.45) is 0 Å². The van der Waals surface area contributed by atoms with Crippen molar-refractivity contribution in [3.63, 3.8) is 0 Å². The lowest BCUT2D eigenvalue weighted by Gasteiger charge is -2.29. The molecule has 2 aliphatic rings. The number of morpholine rings is 1. The van der Waals surface area contributed by atoms with Crippen LogP contribution in [0.5, 0.6) is 11.5 Å². The van der Waals surface area contributed by atoms with Gasteiger partial charge in [0.1, 0.15) is 24.6 Å². The summed E-state index contributed by atoms with van der Waals surface area (Å²) in [6.07, 6.45) is 0.712. The van der Waals surface area contributed by atoms with E-state index in [2.05, 4.69) is 0 Å². The summed E-state index contributed by atoms with van der Waals surface area (Å²) in [4.78, 5) is 29.2. The molecule has 2 aromatic rings. The van der Waals surface area contributed by atoms with Crippen molar-refractivity contribution in [3.8, 4) is 11.5 Å². The van der Waals surface area contributed by atoms with Gasteiger partial charge < -0.3 is 29.1 Å². The monoisotopic (exact) mass is 466 g/mol. The molecule has 1 N–H and O–H groups in total. The molecule has 2 aliphatic heterocycles. The standard InChI is InChI=1S/C26H30N2O6/c1-32-19-10-8-18(9-11-19)24(29)22-23(20-6-3-4-7-21(20)33-2)28(26(31)25(22)30)13-5-12-27-14-16-34-17-15-27/h3-4,6-11,23,29H,5,12-17H2,1-2H3/b24-22+. The molecule has 1 amide bonds. The fraction of sp³-hybridized carbons (Fsp3) is 0.385. The van der Waals surface area contributed by atoms with Gasteiger partial charge in [-0.25, -0.2) is 0 Å². The Kier molecular flexibility index (Phi) is 7.49. The Hall–Kier alpha value is -3.36. The molecule has 0 spiro atoms. The first-order valence-electron chi connectivity index (χ1n) is 11.5. The number of likely N-dealkylation sites (tertiary alicyclic amines) is 1. The number of benzene rings is 2. The number of nitrogens with one attached hydrogen (secondary N) is 1. The van der Waals surface area contributed by atoms with Gasteiger partial charge in [-0.1, -0.05) is 36.1 Å². The molecular formula is C26H30N2O6. The summed E-state index contributed by atoms with van der Waals surface area (Å²) in [7, 11) is 3.08. The minimum atomic E-state index is -0.801. The third-order valence-electron chi connectivity index (χ3n) is 6.44. The molecule has 2 saturated heterocycles. The van der Waals surface area contributed by atoms with Crippen LogP contribution >= 0.6 is 0 Å². The molecule has 2 fully saturated rings. The number of hydrogen-bond donors (Lipinski definition) is 1. The molecule has 1 atom stereocenters. The number of ketones is 1. The van der Waals surface area contributed by atoms with Crippen molar-refractivity contribution in [2.75, 3.05) is 53.6 Å². The SMILES string of the molecule is COc1ccc(/C([O-])=C2\C(=O)C(=O)N(CCC[NH+]3CCOCC3)C2c2ccccc2OC)cc1. The first kappa shape index (κ1) is 23.8. The summed E-state index contributed by atoms with van der Waals surface area (Å²) >= 11 is 0. The predicted molar refractivity (Wildman–Crippen MR) is 123 cm³/mol. The molecular weight excluding hydrogens is 436 g/mol. The molecule has 0 radical (unpaired) electrons. The second-order valence-corrected chi connectivity index (χ2v) is 8.41. The number of nitrogens with zero attached hydrogens (tertiary/aromatic N) is 1. The normalized spacial score (nSPS) is 20.5. The van der Waals surface area contributed by atoms with E-state index in [4.69, 9.17) is 14.2 Å². The zero-order valence-electron chi connectivity index (χ0n) is 19.5. The van der Waals surface area contributed by atoms with Crippen LogP contribution in [0.25, 0.3) is 5.76 Å². The smallest absolute Gasteiger partial charge is 0.295 e. The van der Waals surface area contributed by atoms with Crippen molar-refractivity contribution in [2.45, 2.75) is 12.5 Å². The van der Waals surface area contributed by atoms with Crippen molar-refractivity contribution < 1.29 is 33.8 Å². The fourth-order valence-electron chi connectivity index (χ4n) is 4.62. The van der Waals surface area contributed by atoms with E-state index in [1.807, 2.05) is 12.1 Å². The lowest BCUT2D eigenvalue weighted by Crippen LogP contribution is -3.14. The first-order chi connectivity index (χ1) is 16.5. The average Bonchev–Trinajstić information content (AvgIpc) is 3.13. The highest BCUT2D eigenvalue weighted by Crippen LogP contribution is 2.42. The second-order valence-electron chi connectivity index (χ2n) is 8.41. The van der Waals surface area contributed by atoms with Crippen molar-refractivity contribution >= 4 is 17.4 Å². The highest BCUT2D eigenvalue weighted by atomic mass is 16.5.